The molecule has 2 aromatic heterocycles. The van der Waals surface area contributed by atoms with Crippen molar-refractivity contribution in [1.82, 2.24) is 19.1 Å². The molecule has 3 heterocycles. The molecule has 23 heavy (non-hydrogen) atoms. The standard InChI is InChI=1S/C16H17N5OS/c1-11(22-2)15-18-16(23-19-15)20-9-12-8-17-21(14(12)10-20)13-6-4-3-5-7-13/h3-8,11H,9-10H2,1-2H3. The Balaban J connectivity index is 1.59. The van der Waals surface area contributed by atoms with Crippen LogP contribution in [0, 0.1) is 0 Å². The summed E-state index contributed by atoms with van der Waals surface area (Å²) in [4.78, 5) is 6.84. The monoisotopic (exact) mass is 327 g/mol. The van der Waals surface area contributed by atoms with Crippen molar-refractivity contribution in [2.24, 2.45) is 0 Å². The van der Waals surface area contributed by atoms with Crippen molar-refractivity contribution in [3.8, 4) is 5.69 Å². The average molecular weight is 327 g/mol. The van der Waals surface area contributed by atoms with Gasteiger partial charge in [-0.15, -0.1) is 0 Å². The van der Waals surface area contributed by atoms with Crippen molar-refractivity contribution in [3.63, 3.8) is 0 Å². The summed E-state index contributed by atoms with van der Waals surface area (Å²) in [6, 6.07) is 10.2. The van der Waals surface area contributed by atoms with Gasteiger partial charge in [0.15, 0.2) is 5.82 Å². The summed E-state index contributed by atoms with van der Waals surface area (Å²) in [6.45, 7) is 3.57. The van der Waals surface area contributed by atoms with Crippen LogP contribution >= 0.6 is 11.5 Å². The lowest BCUT2D eigenvalue weighted by Crippen LogP contribution is -2.16. The van der Waals surface area contributed by atoms with Crippen LogP contribution in [-0.4, -0.2) is 26.2 Å². The smallest absolute Gasteiger partial charge is 0.205 e. The summed E-state index contributed by atoms with van der Waals surface area (Å²) in [6.07, 6.45) is 1.87. The van der Waals surface area contributed by atoms with Crippen LogP contribution in [-0.2, 0) is 17.8 Å². The van der Waals surface area contributed by atoms with Crippen molar-refractivity contribution in [3.05, 3.63) is 53.6 Å². The molecule has 118 valence electrons. The quantitative estimate of drug-likeness (QED) is 0.737. The molecule has 1 aromatic carbocycles. The van der Waals surface area contributed by atoms with E-state index in [4.69, 9.17) is 4.74 Å². The third kappa shape index (κ3) is 2.51. The molecule has 3 aromatic rings. The predicted molar refractivity (Wildman–Crippen MR) is 88.8 cm³/mol. The van der Waals surface area contributed by atoms with Crippen LogP contribution in [0.5, 0.6) is 0 Å². The summed E-state index contributed by atoms with van der Waals surface area (Å²) < 4.78 is 11.7. The molecule has 1 aliphatic heterocycles. The van der Waals surface area contributed by atoms with Gasteiger partial charge in [-0.3, -0.25) is 0 Å². The summed E-state index contributed by atoms with van der Waals surface area (Å²) >= 11 is 1.42. The van der Waals surface area contributed by atoms with E-state index in [1.165, 1.54) is 22.8 Å². The summed E-state index contributed by atoms with van der Waals surface area (Å²) in [5.74, 6) is 0.744. The molecule has 0 saturated heterocycles. The average Bonchev–Trinajstić information content (AvgIpc) is 3.29. The van der Waals surface area contributed by atoms with Crippen LogP contribution in [0.25, 0.3) is 5.69 Å². The predicted octanol–water partition coefficient (Wildman–Crippen LogP) is 2.95. The molecule has 0 amide bonds. The molecular formula is C16H17N5OS. The second-order valence-electron chi connectivity index (χ2n) is 5.53. The fourth-order valence-corrected chi connectivity index (χ4v) is 3.45. The molecule has 0 saturated carbocycles. The van der Waals surface area contributed by atoms with Gasteiger partial charge in [0.05, 0.1) is 24.1 Å². The molecule has 0 aliphatic carbocycles. The van der Waals surface area contributed by atoms with Gasteiger partial charge in [0.2, 0.25) is 5.13 Å². The second-order valence-corrected chi connectivity index (χ2v) is 6.26. The van der Waals surface area contributed by atoms with E-state index in [2.05, 4.69) is 31.5 Å². The number of hydrogen-bond donors (Lipinski definition) is 0. The number of aromatic nitrogens is 4. The Kier molecular flexibility index (Phi) is 3.59. The van der Waals surface area contributed by atoms with Gasteiger partial charge >= 0.3 is 0 Å². The molecule has 1 aliphatic rings. The SMILES string of the molecule is COC(C)c1nsc(N2Cc3cnn(-c4ccccc4)c3C2)n1. The van der Waals surface area contributed by atoms with Crippen molar-refractivity contribution < 1.29 is 4.74 Å². The first-order chi connectivity index (χ1) is 11.3. The summed E-state index contributed by atoms with van der Waals surface area (Å²) in [5, 5.41) is 5.45. The third-order valence-corrected chi connectivity index (χ3v) is 4.87. The van der Waals surface area contributed by atoms with Crippen molar-refractivity contribution in [2.45, 2.75) is 26.1 Å². The van der Waals surface area contributed by atoms with E-state index in [0.717, 1.165) is 29.7 Å². The number of para-hydroxylation sites is 1. The number of benzene rings is 1. The molecular weight excluding hydrogens is 310 g/mol. The highest BCUT2D eigenvalue weighted by Crippen LogP contribution is 2.31. The molecule has 0 radical (unpaired) electrons. The normalized spacial score (nSPS) is 15.0. The minimum Gasteiger partial charge on any atom is -0.374 e. The maximum absolute atomic E-state index is 5.29. The Morgan fingerprint density at radius 2 is 2.04 bits per heavy atom. The number of nitrogens with zero attached hydrogens (tertiary/aromatic N) is 5. The third-order valence-electron chi connectivity index (χ3n) is 4.08. The first kappa shape index (κ1) is 14.3. The van der Waals surface area contributed by atoms with E-state index in [0.29, 0.717) is 0 Å². The molecule has 4 rings (SSSR count). The van der Waals surface area contributed by atoms with E-state index >= 15 is 0 Å². The number of anilines is 1. The number of fused-ring (bicyclic) bond motifs is 1. The van der Waals surface area contributed by atoms with E-state index in [9.17, 15) is 0 Å². The van der Waals surface area contributed by atoms with Gasteiger partial charge in [0.25, 0.3) is 0 Å². The highest BCUT2D eigenvalue weighted by Gasteiger charge is 2.27. The van der Waals surface area contributed by atoms with Gasteiger partial charge in [0, 0.05) is 30.8 Å². The van der Waals surface area contributed by atoms with Gasteiger partial charge in [-0.25, -0.2) is 9.67 Å². The Labute approximate surface area is 138 Å². The van der Waals surface area contributed by atoms with Gasteiger partial charge in [-0.05, 0) is 19.1 Å². The zero-order valence-electron chi connectivity index (χ0n) is 13.0. The highest BCUT2D eigenvalue weighted by molar-refractivity contribution is 7.09. The Bertz CT molecular complexity index is 813. The van der Waals surface area contributed by atoms with E-state index in [1.54, 1.807) is 7.11 Å². The first-order valence-corrected chi connectivity index (χ1v) is 8.26. The first-order valence-electron chi connectivity index (χ1n) is 7.49. The van der Waals surface area contributed by atoms with Gasteiger partial charge in [0.1, 0.15) is 6.10 Å². The molecule has 0 spiro atoms. The molecule has 0 fully saturated rings. The van der Waals surface area contributed by atoms with E-state index in [1.807, 2.05) is 36.0 Å². The topological polar surface area (TPSA) is 56.1 Å². The molecule has 7 heteroatoms. The van der Waals surface area contributed by atoms with Crippen LogP contribution < -0.4 is 4.90 Å². The minimum absolute atomic E-state index is 0.0789. The van der Waals surface area contributed by atoms with E-state index in [-0.39, 0.29) is 6.10 Å². The maximum atomic E-state index is 5.29. The van der Waals surface area contributed by atoms with Crippen LogP contribution in [0.15, 0.2) is 36.5 Å². The number of hydrogen-bond acceptors (Lipinski definition) is 6. The zero-order valence-corrected chi connectivity index (χ0v) is 13.8. The molecule has 1 atom stereocenters. The summed E-state index contributed by atoms with van der Waals surface area (Å²) in [7, 11) is 1.67. The van der Waals surface area contributed by atoms with Gasteiger partial charge < -0.3 is 9.64 Å². The lowest BCUT2D eigenvalue weighted by molar-refractivity contribution is 0.113. The van der Waals surface area contributed by atoms with Crippen LogP contribution in [0.4, 0.5) is 5.13 Å². The van der Waals surface area contributed by atoms with Crippen LogP contribution in [0.3, 0.4) is 0 Å². The largest absolute Gasteiger partial charge is 0.374 e. The number of methoxy groups -OCH3 is 1. The maximum Gasteiger partial charge on any atom is 0.205 e. The fraction of sp³-hybridized carbons (Fsp3) is 0.312. The van der Waals surface area contributed by atoms with Crippen LogP contribution in [0.1, 0.15) is 30.1 Å². The lowest BCUT2D eigenvalue weighted by atomic mass is 10.3. The van der Waals surface area contributed by atoms with Crippen molar-refractivity contribution in [1.29, 1.82) is 0 Å². The fourth-order valence-electron chi connectivity index (χ4n) is 2.70. The van der Waals surface area contributed by atoms with Crippen LogP contribution in [0.2, 0.25) is 0 Å². The lowest BCUT2D eigenvalue weighted by Gasteiger charge is -2.14. The van der Waals surface area contributed by atoms with Crippen molar-refractivity contribution >= 4 is 16.7 Å². The highest BCUT2D eigenvalue weighted by atomic mass is 32.1. The Morgan fingerprint density at radius 1 is 1.22 bits per heavy atom. The van der Waals surface area contributed by atoms with Crippen molar-refractivity contribution in [2.75, 3.05) is 12.0 Å². The summed E-state index contributed by atoms with van der Waals surface area (Å²) in [5.41, 5.74) is 3.54. The minimum atomic E-state index is -0.0789. The Morgan fingerprint density at radius 3 is 2.83 bits per heavy atom. The molecule has 0 N–H and O–H groups in total. The van der Waals surface area contributed by atoms with Gasteiger partial charge in [-0.1, -0.05) is 18.2 Å². The number of ether oxygens (including phenoxy) is 1. The molecule has 0 bridgehead atoms. The van der Waals surface area contributed by atoms with E-state index < -0.39 is 0 Å². The number of rotatable bonds is 4. The molecule has 1 unspecified atom stereocenters. The molecule has 6 nitrogen and oxygen atoms in total. The second kappa shape index (κ2) is 5.75. The Hall–Kier alpha value is -2.25. The zero-order chi connectivity index (χ0) is 15.8. The van der Waals surface area contributed by atoms with Gasteiger partial charge in [-0.2, -0.15) is 9.47 Å².